The van der Waals surface area contributed by atoms with Crippen LogP contribution in [-0.2, 0) is 31.0 Å². The molecule has 5 nitrogen and oxygen atoms in total. The van der Waals surface area contributed by atoms with Gasteiger partial charge in [0.15, 0.2) is 0 Å². The number of nitrogens with one attached hydrogen (secondary N) is 2. The van der Waals surface area contributed by atoms with E-state index in [1.807, 2.05) is 30.3 Å². The molecule has 0 saturated heterocycles. The molecule has 5 heteroatoms. The first-order valence-corrected chi connectivity index (χ1v) is 9.54. The Morgan fingerprint density at radius 1 is 0.852 bits per heavy atom. The first-order valence-electron chi connectivity index (χ1n) is 9.54. The number of rotatable bonds is 10. The Kier molecular flexibility index (Phi) is 8.81. The number of carbonyl (C=O) groups excluding carboxylic acids is 1. The molecule has 2 aromatic carbocycles. The molecule has 2 aromatic rings. The Morgan fingerprint density at radius 2 is 1.33 bits per heavy atom. The fraction of sp³-hybridized carbons (Fsp3) is 0.409. The van der Waals surface area contributed by atoms with E-state index in [1.54, 1.807) is 7.11 Å². The summed E-state index contributed by atoms with van der Waals surface area (Å²) in [5, 5.41) is 5.91. The van der Waals surface area contributed by atoms with Gasteiger partial charge in [0, 0.05) is 26.7 Å². The standard InChI is InChI=1S/C22H31N3O2/c1-4-25(5-2)16-20-12-8-6-10-18(20)14-23-22(26)24-15-19-11-7-9-13-21(19)17-27-3/h6-13H,4-5,14-17H2,1-3H3,(H2,23,24,26). The first-order chi connectivity index (χ1) is 13.2. The number of methoxy groups -OCH3 is 1. The second kappa shape index (κ2) is 11.4. The van der Waals surface area contributed by atoms with Crippen molar-refractivity contribution in [3.8, 4) is 0 Å². The van der Waals surface area contributed by atoms with Crippen LogP contribution in [0.1, 0.15) is 36.1 Å². The van der Waals surface area contributed by atoms with Gasteiger partial charge >= 0.3 is 6.03 Å². The van der Waals surface area contributed by atoms with Crippen LogP contribution >= 0.6 is 0 Å². The minimum atomic E-state index is -0.167. The summed E-state index contributed by atoms with van der Waals surface area (Å²) in [6, 6.07) is 16.1. The van der Waals surface area contributed by atoms with Gasteiger partial charge in [0.2, 0.25) is 0 Å². The fourth-order valence-corrected chi connectivity index (χ4v) is 3.01. The number of amides is 2. The van der Waals surface area contributed by atoms with E-state index in [2.05, 4.69) is 47.6 Å². The second-order valence-electron chi connectivity index (χ2n) is 6.47. The number of ether oxygens (including phenoxy) is 1. The molecular formula is C22H31N3O2. The van der Waals surface area contributed by atoms with Gasteiger partial charge in [-0.25, -0.2) is 4.79 Å². The van der Waals surface area contributed by atoms with E-state index in [0.29, 0.717) is 19.7 Å². The van der Waals surface area contributed by atoms with Crippen LogP contribution in [-0.4, -0.2) is 31.1 Å². The summed E-state index contributed by atoms with van der Waals surface area (Å²) in [6.07, 6.45) is 0. The maximum atomic E-state index is 12.2. The highest BCUT2D eigenvalue weighted by Gasteiger charge is 2.08. The van der Waals surface area contributed by atoms with Crippen LogP contribution in [0.25, 0.3) is 0 Å². The number of carbonyl (C=O) groups is 1. The Balaban J connectivity index is 1.89. The van der Waals surface area contributed by atoms with Crippen molar-refractivity contribution in [1.82, 2.24) is 15.5 Å². The molecule has 2 N–H and O–H groups in total. The van der Waals surface area contributed by atoms with Crippen molar-refractivity contribution >= 4 is 6.03 Å². The highest BCUT2D eigenvalue weighted by molar-refractivity contribution is 5.73. The molecule has 0 aliphatic rings. The maximum absolute atomic E-state index is 12.2. The Hall–Kier alpha value is -2.37. The molecule has 0 radical (unpaired) electrons. The fourth-order valence-electron chi connectivity index (χ4n) is 3.01. The molecule has 0 spiro atoms. The summed E-state index contributed by atoms with van der Waals surface area (Å²) in [4.78, 5) is 14.6. The lowest BCUT2D eigenvalue weighted by molar-refractivity contribution is 0.184. The van der Waals surface area contributed by atoms with Crippen molar-refractivity contribution in [2.24, 2.45) is 0 Å². The Bertz CT molecular complexity index is 714. The molecule has 27 heavy (non-hydrogen) atoms. The Labute approximate surface area is 162 Å². The molecule has 0 fully saturated rings. The summed E-state index contributed by atoms with van der Waals surface area (Å²) in [6.45, 7) is 8.79. The van der Waals surface area contributed by atoms with Crippen LogP contribution in [0.5, 0.6) is 0 Å². The van der Waals surface area contributed by atoms with E-state index in [-0.39, 0.29) is 6.03 Å². The molecular weight excluding hydrogens is 338 g/mol. The third-order valence-corrected chi connectivity index (χ3v) is 4.70. The lowest BCUT2D eigenvalue weighted by Crippen LogP contribution is -2.35. The zero-order valence-corrected chi connectivity index (χ0v) is 16.6. The summed E-state index contributed by atoms with van der Waals surface area (Å²) in [5.74, 6) is 0. The molecule has 0 atom stereocenters. The topological polar surface area (TPSA) is 53.6 Å². The van der Waals surface area contributed by atoms with Crippen molar-refractivity contribution in [3.05, 3.63) is 70.8 Å². The maximum Gasteiger partial charge on any atom is 0.315 e. The van der Waals surface area contributed by atoms with Crippen LogP contribution in [0.2, 0.25) is 0 Å². The van der Waals surface area contributed by atoms with Gasteiger partial charge in [-0.3, -0.25) is 4.90 Å². The number of nitrogens with zero attached hydrogens (tertiary/aromatic N) is 1. The SMILES string of the molecule is CCN(CC)Cc1ccccc1CNC(=O)NCc1ccccc1COC. The van der Waals surface area contributed by atoms with E-state index < -0.39 is 0 Å². The van der Waals surface area contributed by atoms with Crippen molar-refractivity contribution in [3.63, 3.8) is 0 Å². The third-order valence-electron chi connectivity index (χ3n) is 4.70. The van der Waals surface area contributed by atoms with Crippen LogP contribution in [0.3, 0.4) is 0 Å². The largest absolute Gasteiger partial charge is 0.380 e. The highest BCUT2D eigenvalue weighted by Crippen LogP contribution is 2.12. The van der Waals surface area contributed by atoms with Crippen molar-refractivity contribution in [2.75, 3.05) is 20.2 Å². The molecule has 0 unspecified atom stereocenters. The molecule has 0 aromatic heterocycles. The summed E-state index contributed by atoms with van der Waals surface area (Å²) in [7, 11) is 1.67. The van der Waals surface area contributed by atoms with E-state index in [9.17, 15) is 4.79 Å². The van der Waals surface area contributed by atoms with Crippen LogP contribution < -0.4 is 10.6 Å². The second-order valence-corrected chi connectivity index (χ2v) is 6.47. The molecule has 0 bridgehead atoms. The van der Waals surface area contributed by atoms with Gasteiger partial charge in [-0.1, -0.05) is 62.4 Å². The molecule has 2 amide bonds. The van der Waals surface area contributed by atoms with Gasteiger partial charge in [0.25, 0.3) is 0 Å². The van der Waals surface area contributed by atoms with E-state index in [0.717, 1.165) is 36.3 Å². The van der Waals surface area contributed by atoms with Crippen molar-refractivity contribution < 1.29 is 9.53 Å². The summed E-state index contributed by atoms with van der Waals surface area (Å²) in [5.41, 5.74) is 4.56. The highest BCUT2D eigenvalue weighted by atomic mass is 16.5. The quantitative estimate of drug-likeness (QED) is 0.672. The normalized spacial score (nSPS) is 10.8. The van der Waals surface area contributed by atoms with E-state index in [4.69, 9.17) is 4.74 Å². The van der Waals surface area contributed by atoms with Gasteiger partial charge < -0.3 is 15.4 Å². The van der Waals surface area contributed by atoms with Gasteiger partial charge in [-0.2, -0.15) is 0 Å². The molecule has 0 saturated carbocycles. The number of benzene rings is 2. The monoisotopic (exact) mass is 369 g/mol. The zero-order valence-electron chi connectivity index (χ0n) is 16.6. The third kappa shape index (κ3) is 6.70. The van der Waals surface area contributed by atoms with Gasteiger partial charge in [-0.15, -0.1) is 0 Å². The minimum absolute atomic E-state index is 0.167. The summed E-state index contributed by atoms with van der Waals surface area (Å²) < 4.78 is 5.21. The number of urea groups is 1. The van der Waals surface area contributed by atoms with E-state index in [1.165, 1.54) is 5.56 Å². The van der Waals surface area contributed by atoms with Crippen LogP contribution in [0, 0.1) is 0 Å². The molecule has 146 valence electrons. The van der Waals surface area contributed by atoms with Gasteiger partial charge in [0.05, 0.1) is 6.61 Å². The first kappa shape index (κ1) is 20.9. The Morgan fingerprint density at radius 3 is 1.85 bits per heavy atom. The predicted octanol–water partition coefficient (Wildman–Crippen LogP) is 3.67. The predicted molar refractivity (Wildman–Crippen MR) is 109 cm³/mol. The molecule has 0 aliphatic heterocycles. The smallest absolute Gasteiger partial charge is 0.315 e. The lowest BCUT2D eigenvalue weighted by Gasteiger charge is -2.20. The van der Waals surface area contributed by atoms with Crippen LogP contribution in [0.4, 0.5) is 4.79 Å². The molecule has 0 heterocycles. The van der Waals surface area contributed by atoms with Crippen molar-refractivity contribution in [1.29, 1.82) is 0 Å². The van der Waals surface area contributed by atoms with Gasteiger partial charge in [0.1, 0.15) is 0 Å². The average Bonchev–Trinajstić information content (AvgIpc) is 2.70. The average molecular weight is 370 g/mol. The molecule has 2 rings (SSSR count). The minimum Gasteiger partial charge on any atom is -0.380 e. The van der Waals surface area contributed by atoms with E-state index >= 15 is 0 Å². The number of hydrogen-bond acceptors (Lipinski definition) is 3. The molecule has 0 aliphatic carbocycles. The van der Waals surface area contributed by atoms with Gasteiger partial charge in [-0.05, 0) is 35.3 Å². The number of hydrogen-bond donors (Lipinski definition) is 2. The lowest BCUT2D eigenvalue weighted by atomic mass is 10.1. The zero-order chi connectivity index (χ0) is 19.5. The van der Waals surface area contributed by atoms with Crippen LogP contribution in [0.15, 0.2) is 48.5 Å². The van der Waals surface area contributed by atoms with Crippen molar-refractivity contribution in [2.45, 2.75) is 40.1 Å². The summed E-state index contributed by atoms with van der Waals surface area (Å²) >= 11 is 0.